The number of aliphatic carboxylic acids is 1. The summed E-state index contributed by atoms with van der Waals surface area (Å²) in [6, 6.07) is 3.04. The summed E-state index contributed by atoms with van der Waals surface area (Å²) >= 11 is 1.20. The zero-order valence-electron chi connectivity index (χ0n) is 11.0. The first-order chi connectivity index (χ1) is 9.40. The van der Waals surface area contributed by atoms with E-state index in [1.807, 2.05) is 0 Å². The summed E-state index contributed by atoms with van der Waals surface area (Å²) in [4.78, 5) is 33.5. The van der Waals surface area contributed by atoms with Gasteiger partial charge in [0.05, 0.1) is 9.82 Å². The molecule has 0 saturated carbocycles. The first kappa shape index (κ1) is 16.0. The molecule has 0 aromatic heterocycles. The highest BCUT2D eigenvalue weighted by molar-refractivity contribution is 7.98. The lowest BCUT2D eigenvalue weighted by atomic mass is 10.1. The molecular weight excluding hydrogens is 284 g/mol. The predicted molar refractivity (Wildman–Crippen MR) is 74.1 cm³/mol. The number of nitro benzene ring substituents is 1. The molecule has 2 N–H and O–H groups in total. The molecule has 108 valence electrons. The van der Waals surface area contributed by atoms with Crippen LogP contribution in [0.25, 0.3) is 0 Å². The van der Waals surface area contributed by atoms with Crippen molar-refractivity contribution in [2.45, 2.75) is 24.3 Å². The van der Waals surface area contributed by atoms with Crippen LogP contribution in [0.4, 0.5) is 5.69 Å². The quantitative estimate of drug-likeness (QED) is 0.471. The van der Waals surface area contributed by atoms with Gasteiger partial charge in [0.25, 0.3) is 11.6 Å². The SMILES string of the molecule is CCC(NC(=O)c1ccc(SC)c([N+](=O)[O-])c1)C(=O)O. The van der Waals surface area contributed by atoms with Crippen molar-refractivity contribution in [2.24, 2.45) is 0 Å². The molecule has 0 spiro atoms. The number of carbonyl (C=O) groups excluding carboxylic acids is 1. The Balaban J connectivity index is 3.02. The molecular formula is C12H14N2O5S. The van der Waals surface area contributed by atoms with Crippen LogP contribution >= 0.6 is 11.8 Å². The summed E-state index contributed by atoms with van der Waals surface area (Å²) in [5, 5.41) is 22.1. The monoisotopic (exact) mass is 298 g/mol. The molecule has 0 fully saturated rings. The van der Waals surface area contributed by atoms with Gasteiger partial charge in [-0.25, -0.2) is 4.79 Å². The molecule has 0 aliphatic carbocycles. The van der Waals surface area contributed by atoms with E-state index in [1.54, 1.807) is 13.2 Å². The summed E-state index contributed by atoms with van der Waals surface area (Å²) in [5.41, 5.74) is -0.109. The number of rotatable bonds is 6. The Morgan fingerprint density at radius 1 is 1.50 bits per heavy atom. The number of benzene rings is 1. The van der Waals surface area contributed by atoms with E-state index in [1.165, 1.54) is 23.9 Å². The molecule has 1 atom stereocenters. The van der Waals surface area contributed by atoms with E-state index in [4.69, 9.17) is 5.11 Å². The minimum absolute atomic E-state index is 0.0641. The first-order valence-corrected chi connectivity index (χ1v) is 6.99. The largest absolute Gasteiger partial charge is 0.480 e. The Kier molecular flexibility index (Phi) is 5.51. The van der Waals surface area contributed by atoms with Crippen molar-refractivity contribution < 1.29 is 19.6 Å². The number of carboxylic acid groups (broad SMARTS) is 1. The molecule has 1 unspecified atom stereocenters. The smallest absolute Gasteiger partial charge is 0.326 e. The Morgan fingerprint density at radius 3 is 2.60 bits per heavy atom. The Hall–Kier alpha value is -2.09. The molecule has 0 aliphatic rings. The standard InChI is InChI=1S/C12H14N2O5S/c1-3-8(12(16)17)13-11(15)7-4-5-10(20-2)9(6-7)14(18)19/h4-6,8H,3H2,1-2H3,(H,13,15)(H,16,17). The van der Waals surface area contributed by atoms with Gasteiger partial charge in [-0.3, -0.25) is 14.9 Å². The van der Waals surface area contributed by atoms with Crippen LogP contribution in [0.3, 0.4) is 0 Å². The molecule has 7 nitrogen and oxygen atoms in total. The topological polar surface area (TPSA) is 110 Å². The summed E-state index contributed by atoms with van der Waals surface area (Å²) in [7, 11) is 0. The molecule has 8 heteroatoms. The van der Waals surface area contributed by atoms with Crippen molar-refractivity contribution in [3.63, 3.8) is 0 Å². The number of nitrogens with zero attached hydrogens (tertiary/aromatic N) is 1. The third-order valence-corrected chi connectivity index (χ3v) is 3.43. The second kappa shape index (κ2) is 6.90. The minimum atomic E-state index is -1.14. The van der Waals surface area contributed by atoms with Gasteiger partial charge in [-0.15, -0.1) is 11.8 Å². The highest BCUT2D eigenvalue weighted by atomic mass is 32.2. The number of nitro groups is 1. The molecule has 0 saturated heterocycles. The number of thioether (sulfide) groups is 1. The van der Waals surface area contributed by atoms with E-state index in [-0.39, 0.29) is 17.7 Å². The van der Waals surface area contributed by atoms with Crippen molar-refractivity contribution in [1.29, 1.82) is 0 Å². The van der Waals surface area contributed by atoms with E-state index in [0.29, 0.717) is 4.90 Å². The van der Waals surface area contributed by atoms with Crippen LogP contribution in [0, 0.1) is 10.1 Å². The van der Waals surface area contributed by atoms with Gasteiger partial charge in [-0.05, 0) is 24.8 Å². The van der Waals surface area contributed by atoms with E-state index < -0.39 is 22.8 Å². The van der Waals surface area contributed by atoms with Crippen molar-refractivity contribution in [1.82, 2.24) is 5.32 Å². The zero-order valence-corrected chi connectivity index (χ0v) is 11.8. The average molecular weight is 298 g/mol. The van der Waals surface area contributed by atoms with Gasteiger partial charge >= 0.3 is 5.97 Å². The fourth-order valence-electron chi connectivity index (χ4n) is 1.55. The van der Waals surface area contributed by atoms with Crippen molar-refractivity contribution in [2.75, 3.05) is 6.26 Å². The highest BCUT2D eigenvalue weighted by Crippen LogP contribution is 2.28. The van der Waals surface area contributed by atoms with Crippen LogP contribution in [0.5, 0.6) is 0 Å². The third kappa shape index (κ3) is 3.70. The second-order valence-electron chi connectivity index (χ2n) is 3.92. The minimum Gasteiger partial charge on any atom is -0.480 e. The summed E-state index contributed by atoms with van der Waals surface area (Å²) < 4.78 is 0. The first-order valence-electron chi connectivity index (χ1n) is 5.76. The number of amides is 1. The van der Waals surface area contributed by atoms with E-state index in [2.05, 4.69) is 5.32 Å². The average Bonchev–Trinajstić information content (AvgIpc) is 2.43. The molecule has 1 aromatic rings. The predicted octanol–water partition coefficient (Wildman–Crippen LogP) is 1.91. The van der Waals surface area contributed by atoms with E-state index in [0.717, 1.165) is 6.07 Å². The highest BCUT2D eigenvalue weighted by Gasteiger charge is 2.21. The summed E-state index contributed by atoms with van der Waals surface area (Å²) in [6.07, 6.45) is 1.92. The molecule has 0 aliphatic heterocycles. The summed E-state index contributed by atoms with van der Waals surface area (Å²) in [5.74, 6) is -1.79. The summed E-state index contributed by atoms with van der Waals surface area (Å²) in [6.45, 7) is 1.62. The van der Waals surface area contributed by atoms with Gasteiger partial charge in [-0.1, -0.05) is 6.92 Å². The molecule has 1 amide bonds. The molecule has 1 aromatic carbocycles. The van der Waals surface area contributed by atoms with E-state index in [9.17, 15) is 19.7 Å². The van der Waals surface area contributed by atoms with Crippen molar-refractivity contribution in [3.05, 3.63) is 33.9 Å². The van der Waals surface area contributed by atoms with Crippen LogP contribution < -0.4 is 5.32 Å². The van der Waals surface area contributed by atoms with Gasteiger partial charge < -0.3 is 10.4 Å². The fourth-order valence-corrected chi connectivity index (χ4v) is 2.10. The van der Waals surface area contributed by atoms with Crippen LogP contribution in [0.1, 0.15) is 23.7 Å². The number of hydrogen-bond donors (Lipinski definition) is 2. The molecule has 1 rings (SSSR count). The van der Waals surface area contributed by atoms with Gasteiger partial charge in [0.15, 0.2) is 0 Å². The third-order valence-electron chi connectivity index (χ3n) is 2.65. The van der Waals surface area contributed by atoms with Gasteiger partial charge in [0, 0.05) is 11.6 Å². The van der Waals surface area contributed by atoms with Crippen LogP contribution in [0.2, 0.25) is 0 Å². The van der Waals surface area contributed by atoms with Crippen molar-refractivity contribution in [3.8, 4) is 0 Å². The Bertz CT molecular complexity index is 547. The maximum atomic E-state index is 11.9. The van der Waals surface area contributed by atoms with Crippen molar-refractivity contribution >= 4 is 29.3 Å². The van der Waals surface area contributed by atoms with Gasteiger partial charge in [0.1, 0.15) is 6.04 Å². The molecule has 0 radical (unpaired) electrons. The zero-order chi connectivity index (χ0) is 15.3. The van der Waals surface area contributed by atoms with Crippen LogP contribution in [0.15, 0.2) is 23.1 Å². The normalized spacial score (nSPS) is 11.7. The number of carbonyl (C=O) groups is 2. The lowest BCUT2D eigenvalue weighted by Crippen LogP contribution is -2.40. The number of nitrogens with one attached hydrogen (secondary N) is 1. The molecule has 0 bridgehead atoms. The maximum absolute atomic E-state index is 11.9. The lowest BCUT2D eigenvalue weighted by molar-refractivity contribution is -0.387. The fraction of sp³-hybridized carbons (Fsp3) is 0.333. The molecule has 20 heavy (non-hydrogen) atoms. The number of hydrogen-bond acceptors (Lipinski definition) is 5. The van der Waals surface area contributed by atoms with E-state index >= 15 is 0 Å². The maximum Gasteiger partial charge on any atom is 0.326 e. The van der Waals surface area contributed by atoms with Crippen LogP contribution in [-0.2, 0) is 4.79 Å². The lowest BCUT2D eigenvalue weighted by Gasteiger charge is -2.12. The van der Waals surface area contributed by atoms with Gasteiger partial charge in [-0.2, -0.15) is 0 Å². The number of carboxylic acids is 1. The van der Waals surface area contributed by atoms with Crippen LogP contribution in [-0.4, -0.2) is 34.2 Å². The Morgan fingerprint density at radius 2 is 2.15 bits per heavy atom. The van der Waals surface area contributed by atoms with Gasteiger partial charge in [0.2, 0.25) is 0 Å². The molecule has 0 heterocycles. The second-order valence-corrected chi connectivity index (χ2v) is 4.76. The Labute approximate surface area is 119 Å².